The molecule has 1 amide bonds. The third-order valence-corrected chi connectivity index (χ3v) is 3.50. The number of rotatable bonds is 2. The predicted octanol–water partition coefficient (Wildman–Crippen LogP) is 1.98. The molecule has 82 valence electrons. The summed E-state index contributed by atoms with van der Waals surface area (Å²) in [7, 11) is 0. The van der Waals surface area contributed by atoms with E-state index < -0.39 is 0 Å². The van der Waals surface area contributed by atoms with E-state index in [1.54, 1.807) is 6.92 Å². The van der Waals surface area contributed by atoms with Crippen molar-refractivity contribution in [1.29, 1.82) is 0 Å². The molecule has 0 aromatic carbocycles. The van der Waals surface area contributed by atoms with Gasteiger partial charge in [-0.3, -0.25) is 4.79 Å². The maximum Gasteiger partial charge on any atom is 0.291 e. The van der Waals surface area contributed by atoms with E-state index in [9.17, 15) is 4.79 Å². The van der Waals surface area contributed by atoms with Crippen molar-refractivity contribution in [1.82, 2.24) is 9.88 Å². The zero-order valence-corrected chi connectivity index (χ0v) is 10.2. The Hall–Kier alpha value is -0.840. The number of alkyl halides is 1. The van der Waals surface area contributed by atoms with Crippen LogP contribution in [0.1, 0.15) is 29.1 Å². The van der Waals surface area contributed by atoms with Gasteiger partial charge < -0.3 is 9.32 Å². The lowest BCUT2D eigenvalue weighted by Gasteiger charge is -2.21. The summed E-state index contributed by atoms with van der Waals surface area (Å²) in [6.07, 6.45) is 3.45. The second kappa shape index (κ2) is 4.35. The van der Waals surface area contributed by atoms with Gasteiger partial charge in [0.15, 0.2) is 6.39 Å². The second-order valence-electron chi connectivity index (χ2n) is 3.72. The van der Waals surface area contributed by atoms with Gasteiger partial charge in [-0.05, 0) is 19.8 Å². The van der Waals surface area contributed by atoms with E-state index in [0.717, 1.165) is 24.7 Å². The Balaban J connectivity index is 2.18. The fraction of sp³-hybridized carbons (Fsp3) is 0.600. The highest BCUT2D eigenvalue weighted by Crippen LogP contribution is 2.22. The van der Waals surface area contributed by atoms with E-state index >= 15 is 0 Å². The van der Waals surface area contributed by atoms with Crippen molar-refractivity contribution in [3.05, 3.63) is 17.8 Å². The van der Waals surface area contributed by atoms with Crippen LogP contribution in [0.2, 0.25) is 0 Å². The highest BCUT2D eigenvalue weighted by atomic mass is 79.9. The van der Waals surface area contributed by atoms with Gasteiger partial charge in [-0.25, -0.2) is 4.98 Å². The molecule has 1 aliphatic rings. The Bertz CT molecular complexity index is 364. The van der Waals surface area contributed by atoms with Gasteiger partial charge >= 0.3 is 0 Å². The molecule has 0 radical (unpaired) electrons. The van der Waals surface area contributed by atoms with E-state index in [0.29, 0.717) is 17.5 Å². The summed E-state index contributed by atoms with van der Waals surface area (Å²) in [6.45, 7) is 2.60. The van der Waals surface area contributed by atoms with Crippen molar-refractivity contribution in [2.45, 2.75) is 25.8 Å². The molecule has 1 saturated heterocycles. The molecule has 1 unspecified atom stereocenters. The molecule has 0 saturated carbocycles. The molecule has 2 rings (SSSR count). The zero-order valence-electron chi connectivity index (χ0n) is 8.57. The van der Waals surface area contributed by atoms with Crippen LogP contribution in [0.25, 0.3) is 0 Å². The molecule has 5 heteroatoms. The monoisotopic (exact) mass is 272 g/mol. The summed E-state index contributed by atoms with van der Waals surface area (Å²) in [6, 6.07) is 0.294. The molecule has 1 aromatic heterocycles. The van der Waals surface area contributed by atoms with Gasteiger partial charge in [-0.15, -0.1) is 0 Å². The van der Waals surface area contributed by atoms with E-state index in [1.165, 1.54) is 6.39 Å². The van der Waals surface area contributed by atoms with Crippen LogP contribution in [0.15, 0.2) is 10.8 Å². The third kappa shape index (κ3) is 1.93. The standard InChI is InChI=1S/C10H13BrN2O2/c1-7-9(15-6-12-7)10(14)13-4-2-3-8(13)5-11/h6,8H,2-5H2,1H3. The lowest BCUT2D eigenvalue weighted by atomic mass is 10.2. The summed E-state index contributed by atoms with van der Waals surface area (Å²) in [5.41, 5.74) is 0.667. The highest BCUT2D eigenvalue weighted by Gasteiger charge is 2.31. The molecule has 1 atom stereocenters. The number of aromatic nitrogens is 1. The van der Waals surface area contributed by atoms with Crippen LogP contribution in [-0.4, -0.2) is 33.7 Å². The van der Waals surface area contributed by atoms with Gasteiger partial charge in [0.05, 0.1) is 5.69 Å². The first kappa shape index (κ1) is 10.7. The normalized spacial score (nSPS) is 20.9. The van der Waals surface area contributed by atoms with Gasteiger partial charge in [0.2, 0.25) is 5.76 Å². The number of nitrogens with zero attached hydrogens (tertiary/aromatic N) is 2. The zero-order chi connectivity index (χ0) is 10.8. The van der Waals surface area contributed by atoms with Crippen LogP contribution in [-0.2, 0) is 0 Å². The lowest BCUT2D eigenvalue weighted by molar-refractivity contribution is 0.0717. The second-order valence-corrected chi connectivity index (χ2v) is 4.36. The molecule has 1 aliphatic heterocycles. The number of hydrogen-bond acceptors (Lipinski definition) is 3. The molecule has 1 fully saturated rings. The molecule has 0 bridgehead atoms. The SMILES string of the molecule is Cc1ncoc1C(=O)N1CCCC1CBr. The number of aryl methyl sites for hydroxylation is 1. The molecular formula is C10H13BrN2O2. The van der Waals surface area contributed by atoms with Gasteiger partial charge in [0.1, 0.15) is 0 Å². The van der Waals surface area contributed by atoms with Crippen molar-refractivity contribution in [3.8, 4) is 0 Å². The molecule has 0 aliphatic carbocycles. The summed E-state index contributed by atoms with van der Waals surface area (Å²) in [5.74, 6) is 0.342. The van der Waals surface area contributed by atoms with Crippen LogP contribution < -0.4 is 0 Å². The number of oxazole rings is 1. The number of amides is 1. The van der Waals surface area contributed by atoms with Crippen molar-refractivity contribution in [3.63, 3.8) is 0 Å². The van der Waals surface area contributed by atoms with Crippen molar-refractivity contribution in [2.24, 2.45) is 0 Å². The fourth-order valence-corrected chi connectivity index (χ4v) is 2.57. The number of carbonyl (C=O) groups excluding carboxylic acids is 1. The Morgan fingerprint density at radius 3 is 3.20 bits per heavy atom. The highest BCUT2D eigenvalue weighted by molar-refractivity contribution is 9.09. The molecule has 1 aromatic rings. The minimum absolute atomic E-state index is 0.0352. The molecule has 15 heavy (non-hydrogen) atoms. The average molecular weight is 273 g/mol. The fourth-order valence-electron chi connectivity index (χ4n) is 1.90. The van der Waals surface area contributed by atoms with Crippen LogP contribution in [0.4, 0.5) is 0 Å². The minimum Gasteiger partial charge on any atom is -0.438 e. The van der Waals surface area contributed by atoms with E-state index in [1.807, 2.05) is 4.90 Å². The van der Waals surface area contributed by atoms with Crippen molar-refractivity contribution >= 4 is 21.8 Å². The lowest BCUT2D eigenvalue weighted by Crippen LogP contribution is -2.36. The molecule has 4 nitrogen and oxygen atoms in total. The Labute approximate surface area is 96.8 Å². The van der Waals surface area contributed by atoms with Crippen LogP contribution >= 0.6 is 15.9 Å². The predicted molar refractivity (Wildman–Crippen MR) is 59.1 cm³/mol. The van der Waals surface area contributed by atoms with Gasteiger partial charge in [-0.2, -0.15) is 0 Å². The minimum atomic E-state index is -0.0352. The van der Waals surface area contributed by atoms with E-state index in [4.69, 9.17) is 4.42 Å². The quantitative estimate of drug-likeness (QED) is 0.774. The Morgan fingerprint density at radius 1 is 1.80 bits per heavy atom. The summed E-state index contributed by atoms with van der Waals surface area (Å²) in [5, 5.41) is 0.825. The maximum absolute atomic E-state index is 12.1. The maximum atomic E-state index is 12.1. The Morgan fingerprint density at radius 2 is 2.60 bits per heavy atom. The first-order valence-electron chi connectivity index (χ1n) is 5.01. The van der Waals surface area contributed by atoms with Crippen LogP contribution in [0, 0.1) is 6.92 Å². The third-order valence-electron chi connectivity index (χ3n) is 2.76. The first-order chi connectivity index (χ1) is 7.24. The van der Waals surface area contributed by atoms with Crippen LogP contribution in [0.5, 0.6) is 0 Å². The Kier molecular flexibility index (Phi) is 3.09. The molecule has 0 spiro atoms. The molecule has 2 heterocycles. The molecular weight excluding hydrogens is 260 g/mol. The topological polar surface area (TPSA) is 46.3 Å². The van der Waals surface area contributed by atoms with Gasteiger partial charge in [0, 0.05) is 17.9 Å². The summed E-state index contributed by atoms with van der Waals surface area (Å²) >= 11 is 3.43. The summed E-state index contributed by atoms with van der Waals surface area (Å²) < 4.78 is 5.11. The van der Waals surface area contributed by atoms with Crippen molar-refractivity contribution in [2.75, 3.05) is 11.9 Å². The molecule has 0 N–H and O–H groups in total. The smallest absolute Gasteiger partial charge is 0.291 e. The van der Waals surface area contributed by atoms with Crippen molar-refractivity contribution < 1.29 is 9.21 Å². The number of likely N-dealkylation sites (tertiary alicyclic amines) is 1. The summed E-state index contributed by atoms with van der Waals surface area (Å²) in [4.78, 5) is 17.9. The first-order valence-corrected chi connectivity index (χ1v) is 6.13. The average Bonchev–Trinajstić information content (AvgIpc) is 2.84. The van der Waals surface area contributed by atoms with Gasteiger partial charge in [-0.1, -0.05) is 15.9 Å². The number of hydrogen-bond donors (Lipinski definition) is 0. The van der Waals surface area contributed by atoms with Gasteiger partial charge in [0.25, 0.3) is 5.91 Å². The van der Waals surface area contributed by atoms with Crippen LogP contribution in [0.3, 0.4) is 0 Å². The number of carbonyl (C=O) groups is 1. The van der Waals surface area contributed by atoms with E-state index in [2.05, 4.69) is 20.9 Å². The largest absolute Gasteiger partial charge is 0.438 e. The number of halogens is 1. The van der Waals surface area contributed by atoms with E-state index in [-0.39, 0.29) is 5.91 Å².